The zero-order valence-electron chi connectivity index (χ0n) is 15.0. The fourth-order valence-electron chi connectivity index (χ4n) is 3.56. The molecule has 5 nitrogen and oxygen atoms in total. The molecule has 0 aliphatic carbocycles. The Morgan fingerprint density at radius 2 is 1.44 bits per heavy atom. The molecular weight excluding hydrogens is 338 g/mol. The van der Waals surface area contributed by atoms with E-state index in [9.17, 15) is 9.59 Å². The van der Waals surface area contributed by atoms with Gasteiger partial charge in [-0.05, 0) is 35.4 Å². The fraction of sp³-hybridized carbons (Fsp3) is 0.227. The number of carbonyl (C=O) groups is 2. The number of aromatic nitrogens is 1. The van der Waals surface area contributed by atoms with Gasteiger partial charge < -0.3 is 9.80 Å². The maximum absolute atomic E-state index is 13.1. The maximum atomic E-state index is 13.1. The Balaban J connectivity index is 1.51. The van der Waals surface area contributed by atoms with Gasteiger partial charge in [-0.2, -0.15) is 0 Å². The molecule has 0 spiro atoms. The lowest BCUT2D eigenvalue weighted by atomic mass is 10.0. The Labute approximate surface area is 158 Å². The number of fused-ring (bicyclic) bond motifs is 1. The second kappa shape index (κ2) is 7.58. The number of pyridine rings is 1. The van der Waals surface area contributed by atoms with E-state index < -0.39 is 0 Å². The molecule has 0 N–H and O–H groups in total. The summed E-state index contributed by atoms with van der Waals surface area (Å²) in [5, 5.41) is 2.03. The highest BCUT2D eigenvalue weighted by molar-refractivity contribution is 6.07. The van der Waals surface area contributed by atoms with Crippen molar-refractivity contribution in [3.05, 3.63) is 78.1 Å². The van der Waals surface area contributed by atoms with E-state index in [4.69, 9.17) is 0 Å². The van der Waals surface area contributed by atoms with Gasteiger partial charge in [0.1, 0.15) is 5.69 Å². The van der Waals surface area contributed by atoms with Crippen LogP contribution in [-0.2, 0) is 0 Å². The lowest BCUT2D eigenvalue weighted by molar-refractivity contribution is 0.0716. The second-order valence-corrected chi connectivity index (χ2v) is 6.68. The highest BCUT2D eigenvalue weighted by atomic mass is 16.2. The van der Waals surface area contributed by atoms with Crippen molar-refractivity contribution < 1.29 is 9.59 Å². The molecule has 2 amide bonds. The first kappa shape index (κ1) is 17.2. The smallest absolute Gasteiger partial charge is 0.272 e. The van der Waals surface area contributed by atoms with Crippen molar-refractivity contribution in [3.8, 4) is 0 Å². The van der Waals surface area contributed by atoms with Crippen LogP contribution in [0.1, 0.15) is 27.3 Å². The van der Waals surface area contributed by atoms with Crippen LogP contribution in [0.2, 0.25) is 0 Å². The van der Waals surface area contributed by atoms with Crippen LogP contribution in [0.15, 0.2) is 66.9 Å². The molecule has 3 aromatic rings. The number of hydrogen-bond donors (Lipinski definition) is 0. The first-order valence-electron chi connectivity index (χ1n) is 9.21. The molecule has 2 aromatic carbocycles. The average Bonchev–Trinajstić information content (AvgIpc) is 2.99. The van der Waals surface area contributed by atoms with Gasteiger partial charge in [0.15, 0.2) is 0 Å². The molecule has 136 valence electrons. The van der Waals surface area contributed by atoms with E-state index in [-0.39, 0.29) is 11.8 Å². The van der Waals surface area contributed by atoms with Crippen molar-refractivity contribution in [1.82, 2.24) is 14.8 Å². The molecule has 4 rings (SSSR count). The minimum Gasteiger partial charge on any atom is -0.337 e. The average molecular weight is 359 g/mol. The summed E-state index contributed by atoms with van der Waals surface area (Å²) in [5.41, 5.74) is 1.17. The van der Waals surface area contributed by atoms with Crippen LogP contribution in [-0.4, -0.2) is 52.8 Å². The summed E-state index contributed by atoms with van der Waals surface area (Å²) < 4.78 is 0. The highest BCUT2D eigenvalue weighted by Crippen LogP contribution is 2.21. The van der Waals surface area contributed by atoms with Crippen molar-refractivity contribution in [2.75, 3.05) is 26.2 Å². The molecule has 5 heteroatoms. The van der Waals surface area contributed by atoms with Crippen molar-refractivity contribution >= 4 is 22.6 Å². The molecule has 1 saturated heterocycles. The molecule has 0 atom stereocenters. The lowest BCUT2D eigenvalue weighted by Crippen LogP contribution is -2.37. The predicted molar refractivity (Wildman–Crippen MR) is 105 cm³/mol. The monoisotopic (exact) mass is 359 g/mol. The van der Waals surface area contributed by atoms with E-state index in [1.54, 1.807) is 23.2 Å². The number of amides is 2. The quantitative estimate of drug-likeness (QED) is 0.706. The minimum absolute atomic E-state index is 0.0268. The summed E-state index contributed by atoms with van der Waals surface area (Å²) in [6, 6.07) is 19.1. The molecule has 1 fully saturated rings. The van der Waals surface area contributed by atoms with Gasteiger partial charge in [-0.1, -0.05) is 42.5 Å². The number of hydrogen-bond acceptors (Lipinski definition) is 3. The normalized spacial score (nSPS) is 14.8. The second-order valence-electron chi connectivity index (χ2n) is 6.68. The lowest BCUT2D eigenvalue weighted by Gasteiger charge is -2.22. The fourth-order valence-corrected chi connectivity index (χ4v) is 3.56. The van der Waals surface area contributed by atoms with Crippen molar-refractivity contribution in [1.29, 1.82) is 0 Å². The summed E-state index contributed by atoms with van der Waals surface area (Å²) in [7, 11) is 0. The molecule has 1 aliphatic heterocycles. The van der Waals surface area contributed by atoms with Gasteiger partial charge in [0.2, 0.25) is 0 Å². The molecule has 1 aromatic heterocycles. The summed E-state index contributed by atoms with van der Waals surface area (Å²) in [4.78, 5) is 33.6. The van der Waals surface area contributed by atoms with E-state index in [1.165, 1.54) is 0 Å². The van der Waals surface area contributed by atoms with Crippen LogP contribution < -0.4 is 0 Å². The summed E-state index contributed by atoms with van der Waals surface area (Å²) in [6.45, 7) is 2.33. The molecule has 27 heavy (non-hydrogen) atoms. The zero-order valence-corrected chi connectivity index (χ0v) is 15.0. The third-order valence-corrected chi connectivity index (χ3v) is 4.97. The van der Waals surface area contributed by atoms with Gasteiger partial charge >= 0.3 is 0 Å². The standard InChI is InChI=1S/C22H21N3O2/c26-21(19-10-5-8-17-7-1-2-9-18(17)19)24-13-6-14-25(16-15-24)22(27)20-11-3-4-12-23-20/h1-5,7-12H,6,13-16H2. The SMILES string of the molecule is O=C(c1ccccn1)N1CCCN(C(=O)c2cccc3ccccc23)CC1. The largest absolute Gasteiger partial charge is 0.337 e. The molecule has 0 unspecified atom stereocenters. The summed E-state index contributed by atoms with van der Waals surface area (Å²) in [5.74, 6) is -0.0472. The van der Waals surface area contributed by atoms with Gasteiger partial charge in [-0.15, -0.1) is 0 Å². The van der Waals surface area contributed by atoms with E-state index in [1.807, 2.05) is 53.4 Å². The third-order valence-electron chi connectivity index (χ3n) is 4.97. The summed E-state index contributed by atoms with van der Waals surface area (Å²) in [6.07, 6.45) is 2.39. The molecule has 1 aliphatic rings. The highest BCUT2D eigenvalue weighted by Gasteiger charge is 2.24. The Kier molecular flexibility index (Phi) is 4.83. The van der Waals surface area contributed by atoms with E-state index in [2.05, 4.69) is 4.98 Å². The Morgan fingerprint density at radius 1 is 0.741 bits per heavy atom. The van der Waals surface area contributed by atoms with Crippen LogP contribution in [0, 0.1) is 0 Å². The predicted octanol–water partition coefficient (Wildman–Crippen LogP) is 3.22. The topological polar surface area (TPSA) is 53.5 Å². The Morgan fingerprint density at radius 3 is 2.22 bits per heavy atom. The van der Waals surface area contributed by atoms with E-state index in [0.717, 1.165) is 22.8 Å². The van der Waals surface area contributed by atoms with Crippen LogP contribution in [0.4, 0.5) is 0 Å². The van der Waals surface area contributed by atoms with Crippen LogP contribution in [0.5, 0.6) is 0 Å². The summed E-state index contributed by atoms with van der Waals surface area (Å²) >= 11 is 0. The first-order valence-corrected chi connectivity index (χ1v) is 9.21. The number of benzene rings is 2. The van der Waals surface area contributed by atoms with Gasteiger partial charge in [-0.25, -0.2) is 0 Å². The number of carbonyl (C=O) groups excluding carboxylic acids is 2. The Bertz CT molecular complexity index is 966. The van der Waals surface area contributed by atoms with Crippen LogP contribution in [0.25, 0.3) is 10.8 Å². The maximum Gasteiger partial charge on any atom is 0.272 e. The number of nitrogens with zero attached hydrogens (tertiary/aromatic N) is 3. The minimum atomic E-state index is -0.0740. The van der Waals surface area contributed by atoms with E-state index >= 15 is 0 Å². The van der Waals surface area contributed by atoms with Crippen molar-refractivity contribution in [3.63, 3.8) is 0 Å². The van der Waals surface area contributed by atoms with Gasteiger partial charge in [0, 0.05) is 37.9 Å². The molecule has 2 heterocycles. The zero-order chi connectivity index (χ0) is 18.6. The van der Waals surface area contributed by atoms with E-state index in [0.29, 0.717) is 31.9 Å². The number of rotatable bonds is 2. The van der Waals surface area contributed by atoms with Gasteiger partial charge in [0.25, 0.3) is 11.8 Å². The van der Waals surface area contributed by atoms with Gasteiger partial charge in [-0.3, -0.25) is 14.6 Å². The third kappa shape index (κ3) is 3.53. The molecule has 0 saturated carbocycles. The Hall–Kier alpha value is -3.21. The molecule has 0 bridgehead atoms. The molecular formula is C22H21N3O2. The van der Waals surface area contributed by atoms with Crippen LogP contribution >= 0.6 is 0 Å². The van der Waals surface area contributed by atoms with Gasteiger partial charge in [0.05, 0.1) is 0 Å². The first-order chi connectivity index (χ1) is 13.2. The van der Waals surface area contributed by atoms with Crippen LogP contribution in [0.3, 0.4) is 0 Å². The van der Waals surface area contributed by atoms with Crippen molar-refractivity contribution in [2.24, 2.45) is 0 Å². The molecule has 0 radical (unpaired) electrons. The van der Waals surface area contributed by atoms with Crippen molar-refractivity contribution in [2.45, 2.75) is 6.42 Å².